The van der Waals surface area contributed by atoms with Gasteiger partial charge in [0.05, 0.1) is 27.1 Å². The molecule has 0 aliphatic heterocycles. The predicted octanol–water partition coefficient (Wildman–Crippen LogP) is 3.37. The van der Waals surface area contributed by atoms with Crippen molar-refractivity contribution < 1.29 is 4.79 Å². The summed E-state index contributed by atoms with van der Waals surface area (Å²) in [4.78, 5) is 11.9. The summed E-state index contributed by atoms with van der Waals surface area (Å²) in [6.45, 7) is 1.76. The quantitative estimate of drug-likeness (QED) is 0.846. The zero-order valence-electron chi connectivity index (χ0n) is 10.5. The maximum Gasteiger partial charge on any atom is 0.246 e. The number of nitrogens with zero attached hydrogens (tertiary/aromatic N) is 2. The number of rotatable bonds is 3. The van der Waals surface area contributed by atoms with Crippen molar-refractivity contribution in [1.29, 1.82) is 0 Å². The topological polar surface area (TPSA) is 72.9 Å². The molecule has 0 bridgehead atoms. The van der Waals surface area contributed by atoms with Crippen molar-refractivity contribution in [2.45, 2.75) is 13.5 Å². The number of nitrogens with one attached hydrogen (secondary N) is 1. The van der Waals surface area contributed by atoms with Gasteiger partial charge in [0.25, 0.3) is 0 Å². The minimum atomic E-state index is -0.319. The summed E-state index contributed by atoms with van der Waals surface area (Å²) in [6, 6.07) is 3.02. The van der Waals surface area contributed by atoms with Crippen LogP contribution in [0.1, 0.15) is 5.69 Å². The van der Waals surface area contributed by atoms with Gasteiger partial charge < -0.3 is 11.1 Å². The average molecular weight is 334 g/mol. The highest BCUT2D eigenvalue weighted by molar-refractivity contribution is 6.37. The van der Waals surface area contributed by atoms with Gasteiger partial charge in [-0.3, -0.25) is 9.48 Å². The van der Waals surface area contributed by atoms with E-state index < -0.39 is 0 Å². The summed E-state index contributed by atoms with van der Waals surface area (Å²) in [5.41, 5.74) is 7.05. The molecule has 1 amide bonds. The molecule has 2 aromatic rings. The molecule has 0 fully saturated rings. The van der Waals surface area contributed by atoms with Gasteiger partial charge in [-0.05, 0) is 19.1 Å². The molecule has 2 rings (SSSR count). The van der Waals surface area contributed by atoms with Crippen LogP contribution in [0.3, 0.4) is 0 Å². The van der Waals surface area contributed by atoms with E-state index in [1.807, 2.05) is 0 Å². The summed E-state index contributed by atoms with van der Waals surface area (Å²) in [5.74, 6) is -0.319. The Hall–Kier alpha value is -1.43. The monoisotopic (exact) mass is 332 g/mol. The standard InChI is InChI=1S/C12H11Cl3N4O/c1-6-9(15)4-19(18-6)5-11(20)17-12-8(14)2-7(13)3-10(12)16/h2-4H,5,16H2,1H3,(H,17,20). The second kappa shape index (κ2) is 5.91. The van der Waals surface area contributed by atoms with Gasteiger partial charge in [0.2, 0.25) is 5.91 Å². The molecule has 20 heavy (non-hydrogen) atoms. The molecule has 1 aromatic carbocycles. The summed E-state index contributed by atoms with van der Waals surface area (Å²) >= 11 is 17.7. The molecule has 106 valence electrons. The molecule has 0 atom stereocenters. The number of aromatic nitrogens is 2. The minimum Gasteiger partial charge on any atom is -0.397 e. The molecule has 0 saturated carbocycles. The SMILES string of the molecule is Cc1nn(CC(=O)Nc2c(N)cc(Cl)cc2Cl)cc1Cl. The molecule has 1 aromatic heterocycles. The van der Waals surface area contributed by atoms with Crippen molar-refractivity contribution in [2.75, 3.05) is 11.1 Å². The Morgan fingerprint density at radius 2 is 2.05 bits per heavy atom. The molecule has 0 aliphatic carbocycles. The van der Waals surface area contributed by atoms with Crippen LogP contribution in [0.25, 0.3) is 0 Å². The number of nitrogen functional groups attached to an aromatic ring is 1. The number of nitrogens with two attached hydrogens (primary N) is 1. The Morgan fingerprint density at radius 3 is 2.60 bits per heavy atom. The number of carbonyl (C=O) groups is 1. The first-order valence-corrected chi connectivity index (χ1v) is 6.74. The molecule has 8 heteroatoms. The summed E-state index contributed by atoms with van der Waals surface area (Å²) in [6.07, 6.45) is 1.57. The van der Waals surface area contributed by atoms with Crippen LogP contribution in [-0.4, -0.2) is 15.7 Å². The third-order valence-corrected chi connectivity index (χ3v) is 3.43. The smallest absolute Gasteiger partial charge is 0.246 e. The van der Waals surface area contributed by atoms with Crippen molar-refractivity contribution in [3.63, 3.8) is 0 Å². The van der Waals surface area contributed by atoms with Gasteiger partial charge in [-0.2, -0.15) is 5.10 Å². The van der Waals surface area contributed by atoms with Crippen LogP contribution in [0.4, 0.5) is 11.4 Å². The van der Waals surface area contributed by atoms with E-state index in [9.17, 15) is 4.79 Å². The normalized spacial score (nSPS) is 10.6. The zero-order chi connectivity index (χ0) is 14.9. The van der Waals surface area contributed by atoms with Crippen molar-refractivity contribution in [2.24, 2.45) is 0 Å². The average Bonchev–Trinajstić information content (AvgIpc) is 2.63. The molecular weight excluding hydrogens is 323 g/mol. The number of amides is 1. The number of benzene rings is 1. The van der Waals surface area contributed by atoms with Gasteiger partial charge in [-0.25, -0.2) is 0 Å². The Bertz CT molecular complexity index is 626. The maximum atomic E-state index is 11.9. The first-order valence-electron chi connectivity index (χ1n) is 5.60. The van der Waals surface area contributed by atoms with E-state index >= 15 is 0 Å². The first-order chi connectivity index (χ1) is 9.36. The Balaban J connectivity index is 2.12. The largest absolute Gasteiger partial charge is 0.397 e. The number of hydrogen-bond acceptors (Lipinski definition) is 3. The number of aryl methyl sites for hydroxylation is 1. The minimum absolute atomic E-state index is 0.00591. The maximum absolute atomic E-state index is 11.9. The molecular formula is C12H11Cl3N4O. The number of halogens is 3. The van der Waals surface area contributed by atoms with Gasteiger partial charge in [0, 0.05) is 11.2 Å². The van der Waals surface area contributed by atoms with E-state index in [1.54, 1.807) is 13.1 Å². The molecule has 0 aliphatic rings. The third kappa shape index (κ3) is 3.36. The van der Waals surface area contributed by atoms with E-state index in [0.29, 0.717) is 27.1 Å². The highest BCUT2D eigenvalue weighted by Crippen LogP contribution is 2.32. The lowest BCUT2D eigenvalue weighted by molar-refractivity contribution is -0.116. The van der Waals surface area contributed by atoms with Crippen LogP contribution in [-0.2, 0) is 11.3 Å². The molecule has 1 heterocycles. The third-order valence-electron chi connectivity index (χ3n) is 2.54. The second-order valence-electron chi connectivity index (χ2n) is 4.16. The first kappa shape index (κ1) is 15.0. The summed E-state index contributed by atoms with van der Waals surface area (Å²) in [7, 11) is 0. The van der Waals surface area contributed by atoms with E-state index in [2.05, 4.69) is 10.4 Å². The van der Waals surface area contributed by atoms with Crippen molar-refractivity contribution in [3.8, 4) is 0 Å². The fourth-order valence-electron chi connectivity index (χ4n) is 1.63. The highest BCUT2D eigenvalue weighted by Gasteiger charge is 2.12. The van der Waals surface area contributed by atoms with E-state index in [1.165, 1.54) is 16.8 Å². The molecule has 0 spiro atoms. The molecule has 3 N–H and O–H groups in total. The van der Waals surface area contributed by atoms with Gasteiger partial charge >= 0.3 is 0 Å². The Morgan fingerprint density at radius 1 is 1.35 bits per heavy atom. The number of anilines is 2. The Labute approximate surface area is 130 Å². The Kier molecular flexibility index (Phi) is 4.42. The summed E-state index contributed by atoms with van der Waals surface area (Å²) < 4.78 is 1.44. The zero-order valence-corrected chi connectivity index (χ0v) is 12.7. The van der Waals surface area contributed by atoms with Crippen LogP contribution in [0.5, 0.6) is 0 Å². The van der Waals surface area contributed by atoms with Crippen molar-refractivity contribution >= 4 is 52.1 Å². The summed E-state index contributed by atoms with van der Waals surface area (Å²) in [5, 5.41) is 7.89. The van der Waals surface area contributed by atoms with Crippen LogP contribution < -0.4 is 11.1 Å². The molecule has 0 radical (unpaired) electrons. The van der Waals surface area contributed by atoms with E-state index in [4.69, 9.17) is 40.5 Å². The lowest BCUT2D eigenvalue weighted by atomic mass is 10.2. The molecule has 0 unspecified atom stereocenters. The van der Waals surface area contributed by atoms with Gasteiger partial charge in [-0.1, -0.05) is 34.8 Å². The van der Waals surface area contributed by atoms with Gasteiger partial charge in [-0.15, -0.1) is 0 Å². The fourth-order valence-corrected chi connectivity index (χ4v) is 2.33. The van der Waals surface area contributed by atoms with Gasteiger partial charge in [0.1, 0.15) is 6.54 Å². The van der Waals surface area contributed by atoms with Crippen LogP contribution >= 0.6 is 34.8 Å². The second-order valence-corrected chi connectivity index (χ2v) is 5.41. The lowest BCUT2D eigenvalue weighted by Gasteiger charge is -2.10. The molecule has 0 saturated heterocycles. The van der Waals surface area contributed by atoms with Crippen LogP contribution in [0, 0.1) is 6.92 Å². The van der Waals surface area contributed by atoms with Gasteiger partial charge in [0.15, 0.2) is 0 Å². The van der Waals surface area contributed by atoms with Crippen molar-refractivity contribution in [3.05, 3.63) is 39.1 Å². The number of carbonyl (C=O) groups excluding carboxylic acids is 1. The number of hydrogen-bond donors (Lipinski definition) is 2. The van der Waals surface area contributed by atoms with E-state index in [0.717, 1.165) is 0 Å². The van der Waals surface area contributed by atoms with Crippen molar-refractivity contribution in [1.82, 2.24) is 9.78 Å². The van der Waals surface area contributed by atoms with Crippen LogP contribution in [0.2, 0.25) is 15.1 Å². The fraction of sp³-hybridized carbons (Fsp3) is 0.167. The van der Waals surface area contributed by atoms with E-state index in [-0.39, 0.29) is 17.5 Å². The van der Waals surface area contributed by atoms with Crippen LogP contribution in [0.15, 0.2) is 18.3 Å². The lowest BCUT2D eigenvalue weighted by Crippen LogP contribution is -2.20. The highest BCUT2D eigenvalue weighted by atomic mass is 35.5. The molecule has 5 nitrogen and oxygen atoms in total. The predicted molar refractivity (Wildman–Crippen MR) is 81.5 cm³/mol.